The molecule has 2 aromatic rings. The van der Waals surface area contributed by atoms with Crippen molar-refractivity contribution in [2.75, 3.05) is 0 Å². The van der Waals surface area contributed by atoms with Gasteiger partial charge in [0.05, 0.1) is 22.9 Å². The zero-order valence-corrected chi connectivity index (χ0v) is 13.7. The second kappa shape index (κ2) is 6.81. The summed E-state index contributed by atoms with van der Waals surface area (Å²) in [6, 6.07) is 6.85. The number of nitrogens with zero attached hydrogens (tertiary/aromatic N) is 1. The summed E-state index contributed by atoms with van der Waals surface area (Å²) in [5, 5.41) is 11.7. The highest BCUT2D eigenvalue weighted by molar-refractivity contribution is 6.30. The zero-order valence-electron chi connectivity index (χ0n) is 12.9. The molecule has 0 bridgehead atoms. The fourth-order valence-corrected chi connectivity index (χ4v) is 2.48. The predicted molar refractivity (Wildman–Crippen MR) is 82.6 cm³/mol. The number of hydrogen-bond acceptors (Lipinski definition) is 3. The lowest BCUT2D eigenvalue weighted by Crippen LogP contribution is -2.29. The van der Waals surface area contributed by atoms with E-state index in [0.717, 1.165) is 6.07 Å². The number of carboxylic acid groups (broad SMARTS) is 1. The Kier molecular flexibility index (Phi) is 5.18. The summed E-state index contributed by atoms with van der Waals surface area (Å²) in [4.78, 5) is 15.4. The Morgan fingerprint density at radius 2 is 1.83 bits per heavy atom. The topological polar surface area (TPSA) is 53.0 Å². The van der Waals surface area contributed by atoms with Crippen molar-refractivity contribution in [3.05, 3.63) is 52.2 Å². The van der Waals surface area contributed by atoms with Gasteiger partial charge in [-0.3, -0.25) is 4.98 Å². The van der Waals surface area contributed by atoms with Crippen LogP contribution in [-0.2, 0) is 12.6 Å². The van der Waals surface area contributed by atoms with E-state index in [4.69, 9.17) is 11.6 Å². The number of carboxylic acids is 1. The maximum Gasteiger partial charge on any atom is 0.417 e. The summed E-state index contributed by atoms with van der Waals surface area (Å²) in [6.45, 7) is 3.53. The van der Waals surface area contributed by atoms with E-state index in [-0.39, 0.29) is 23.7 Å². The highest BCUT2D eigenvalue weighted by atomic mass is 35.5. The quantitative estimate of drug-likeness (QED) is 0.832. The number of aromatic carboxylic acids is 1. The normalized spacial score (nSPS) is 11.8. The summed E-state index contributed by atoms with van der Waals surface area (Å²) in [5.41, 5.74) is -1.82. The van der Waals surface area contributed by atoms with Crippen molar-refractivity contribution in [3.8, 4) is 11.3 Å². The lowest BCUT2D eigenvalue weighted by molar-refractivity contribution is -0.255. The summed E-state index contributed by atoms with van der Waals surface area (Å²) in [6.07, 6.45) is -4.74. The van der Waals surface area contributed by atoms with E-state index >= 15 is 0 Å². The molecule has 0 amide bonds. The van der Waals surface area contributed by atoms with Gasteiger partial charge in [0.15, 0.2) is 0 Å². The minimum absolute atomic E-state index is 0.0413. The van der Waals surface area contributed by atoms with E-state index in [1.165, 1.54) is 24.3 Å². The fourth-order valence-electron chi connectivity index (χ4n) is 2.35. The average molecular weight is 357 g/mol. The summed E-state index contributed by atoms with van der Waals surface area (Å²) in [7, 11) is 0. The van der Waals surface area contributed by atoms with E-state index in [1.807, 2.05) is 0 Å². The number of aromatic nitrogens is 1. The molecule has 7 heteroatoms. The number of benzene rings is 1. The highest BCUT2D eigenvalue weighted by Gasteiger charge is 2.36. The second-order valence-corrected chi connectivity index (χ2v) is 6.20. The van der Waals surface area contributed by atoms with Gasteiger partial charge in [0.2, 0.25) is 0 Å². The first-order valence-corrected chi connectivity index (χ1v) is 7.55. The highest BCUT2D eigenvalue weighted by Crippen LogP contribution is 2.36. The second-order valence-electron chi connectivity index (χ2n) is 5.77. The van der Waals surface area contributed by atoms with Crippen molar-refractivity contribution in [1.82, 2.24) is 4.98 Å². The van der Waals surface area contributed by atoms with E-state index < -0.39 is 23.3 Å². The van der Waals surface area contributed by atoms with Crippen LogP contribution < -0.4 is 5.11 Å². The summed E-state index contributed by atoms with van der Waals surface area (Å²) < 4.78 is 40.0. The van der Waals surface area contributed by atoms with E-state index in [2.05, 4.69) is 4.98 Å². The molecule has 0 aliphatic rings. The smallest absolute Gasteiger partial charge is 0.417 e. The molecule has 1 aromatic heterocycles. The monoisotopic (exact) mass is 356 g/mol. The van der Waals surface area contributed by atoms with Gasteiger partial charge in [0.1, 0.15) is 0 Å². The molecular weight excluding hydrogens is 343 g/mol. The zero-order chi connectivity index (χ0) is 18.1. The molecule has 3 nitrogen and oxygen atoms in total. The Labute approximate surface area is 142 Å². The minimum atomic E-state index is -4.83. The van der Waals surface area contributed by atoms with Crippen LogP contribution in [0.4, 0.5) is 13.2 Å². The van der Waals surface area contributed by atoms with Gasteiger partial charge in [0, 0.05) is 16.1 Å². The van der Waals surface area contributed by atoms with E-state index in [1.54, 1.807) is 13.8 Å². The number of carbonyl (C=O) groups excluding carboxylic acids is 1. The first-order valence-electron chi connectivity index (χ1n) is 7.18. The van der Waals surface area contributed by atoms with Gasteiger partial charge in [-0.15, -0.1) is 0 Å². The van der Waals surface area contributed by atoms with Crippen LogP contribution in [0.3, 0.4) is 0 Å². The molecule has 24 heavy (non-hydrogen) atoms. The first-order chi connectivity index (χ1) is 11.1. The minimum Gasteiger partial charge on any atom is -0.545 e. The first kappa shape index (κ1) is 18.3. The van der Waals surface area contributed by atoms with E-state index in [0.29, 0.717) is 10.6 Å². The van der Waals surface area contributed by atoms with Gasteiger partial charge in [-0.1, -0.05) is 37.6 Å². The SMILES string of the molecule is CC(C)Cc1nc(-c2ccc(Cl)cc2)cc(C(F)(F)F)c1C(=O)[O-]. The molecule has 1 heterocycles. The molecule has 0 unspecified atom stereocenters. The number of pyridine rings is 1. The van der Waals surface area contributed by atoms with Crippen molar-refractivity contribution >= 4 is 17.6 Å². The van der Waals surface area contributed by atoms with Gasteiger partial charge in [-0.2, -0.15) is 13.2 Å². The van der Waals surface area contributed by atoms with Gasteiger partial charge in [0.25, 0.3) is 0 Å². The van der Waals surface area contributed by atoms with E-state index in [9.17, 15) is 23.1 Å². The maximum absolute atomic E-state index is 13.3. The average Bonchev–Trinajstić information content (AvgIpc) is 2.45. The molecule has 0 saturated heterocycles. The van der Waals surface area contributed by atoms with Crippen LogP contribution in [0.1, 0.15) is 35.5 Å². The molecular formula is C17H14ClF3NO2-. The van der Waals surface area contributed by atoms with Crippen molar-refractivity contribution in [1.29, 1.82) is 0 Å². The lowest BCUT2D eigenvalue weighted by Gasteiger charge is -2.20. The largest absolute Gasteiger partial charge is 0.545 e. The molecule has 2 rings (SSSR count). The molecule has 0 fully saturated rings. The van der Waals surface area contributed by atoms with Crippen molar-refractivity contribution in [2.24, 2.45) is 5.92 Å². The van der Waals surface area contributed by atoms with Gasteiger partial charge in [-0.25, -0.2) is 0 Å². The molecule has 0 spiro atoms. The standard InChI is InChI=1S/C17H15ClF3NO2/c1-9(2)7-14-15(16(23)24)12(17(19,20)21)8-13(22-14)10-3-5-11(18)6-4-10/h3-6,8-9H,7H2,1-2H3,(H,23,24)/p-1. The Morgan fingerprint density at radius 1 is 1.25 bits per heavy atom. The number of hydrogen-bond donors (Lipinski definition) is 0. The van der Waals surface area contributed by atoms with Crippen LogP contribution in [0.15, 0.2) is 30.3 Å². The molecule has 0 aliphatic heterocycles. The molecule has 0 N–H and O–H groups in total. The Morgan fingerprint density at radius 3 is 2.29 bits per heavy atom. The molecule has 128 valence electrons. The number of alkyl halides is 3. The number of carbonyl (C=O) groups is 1. The molecule has 0 atom stereocenters. The third-order valence-corrected chi connectivity index (χ3v) is 3.60. The number of rotatable bonds is 4. The predicted octanol–water partition coefficient (Wildman–Crippen LogP) is 3.98. The van der Waals surface area contributed by atoms with Crippen molar-refractivity contribution < 1.29 is 23.1 Å². The molecule has 0 radical (unpaired) electrons. The van der Waals surface area contributed by atoms with Crippen LogP contribution in [-0.4, -0.2) is 11.0 Å². The van der Waals surface area contributed by atoms with Crippen LogP contribution >= 0.6 is 11.6 Å². The maximum atomic E-state index is 13.3. The van der Waals surface area contributed by atoms with Gasteiger partial charge >= 0.3 is 6.18 Å². The van der Waals surface area contributed by atoms with Gasteiger partial charge in [-0.05, 0) is 30.5 Å². The Hall–Kier alpha value is -2.08. The fraction of sp³-hybridized carbons (Fsp3) is 0.294. The van der Waals surface area contributed by atoms with Gasteiger partial charge < -0.3 is 9.90 Å². The van der Waals surface area contributed by atoms with Crippen LogP contribution in [0, 0.1) is 5.92 Å². The van der Waals surface area contributed by atoms with Crippen molar-refractivity contribution in [2.45, 2.75) is 26.4 Å². The number of halogens is 4. The molecule has 0 aliphatic carbocycles. The van der Waals surface area contributed by atoms with Crippen LogP contribution in [0.2, 0.25) is 5.02 Å². The van der Waals surface area contributed by atoms with Crippen LogP contribution in [0.25, 0.3) is 11.3 Å². The van der Waals surface area contributed by atoms with Crippen molar-refractivity contribution in [3.63, 3.8) is 0 Å². The summed E-state index contributed by atoms with van der Waals surface area (Å²) in [5.74, 6) is -1.95. The molecule has 1 aromatic carbocycles. The van der Waals surface area contributed by atoms with Crippen LogP contribution in [0.5, 0.6) is 0 Å². The lowest BCUT2D eigenvalue weighted by atomic mass is 9.96. The molecule has 0 saturated carbocycles. The summed E-state index contributed by atoms with van der Waals surface area (Å²) >= 11 is 5.78. The third-order valence-electron chi connectivity index (χ3n) is 3.35. The third kappa shape index (κ3) is 4.06. The Balaban J connectivity index is 2.74. The Bertz CT molecular complexity index is 756.